The molecular formula is C17H18N4O3. The maximum Gasteiger partial charge on any atom is 0.254 e. The van der Waals surface area contributed by atoms with Gasteiger partial charge in [-0.1, -0.05) is 0 Å². The lowest BCUT2D eigenvalue weighted by molar-refractivity contribution is 0.0673. The van der Waals surface area contributed by atoms with E-state index in [0.717, 1.165) is 29.1 Å². The predicted octanol–water partition coefficient (Wildman–Crippen LogP) is 1.08. The second-order valence-electron chi connectivity index (χ2n) is 5.84. The smallest absolute Gasteiger partial charge is 0.254 e. The van der Waals surface area contributed by atoms with Crippen LogP contribution < -0.4 is 5.56 Å². The molecule has 4 heterocycles. The van der Waals surface area contributed by atoms with Crippen LogP contribution in [0.3, 0.4) is 0 Å². The summed E-state index contributed by atoms with van der Waals surface area (Å²) >= 11 is 0. The van der Waals surface area contributed by atoms with Crippen molar-refractivity contribution < 1.29 is 9.47 Å². The zero-order chi connectivity index (χ0) is 16.4. The topological polar surface area (TPSA) is 80.3 Å². The maximum absolute atomic E-state index is 12.4. The SMILES string of the molecule is O=c1[nH]c(-c2ccncc2)nc2c1CCN(CC1=COCCO1)C2. The van der Waals surface area contributed by atoms with Crippen LogP contribution in [0.2, 0.25) is 0 Å². The number of hydrogen-bond donors (Lipinski definition) is 1. The van der Waals surface area contributed by atoms with Gasteiger partial charge in [0, 0.05) is 36.6 Å². The van der Waals surface area contributed by atoms with Crippen LogP contribution in [0, 0.1) is 0 Å². The van der Waals surface area contributed by atoms with E-state index in [-0.39, 0.29) is 5.56 Å². The lowest BCUT2D eigenvalue weighted by Gasteiger charge is -2.29. The minimum absolute atomic E-state index is 0.0528. The van der Waals surface area contributed by atoms with Gasteiger partial charge in [0.2, 0.25) is 0 Å². The average Bonchev–Trinajstić information content (AvgIpc) is 2.63. The molecule has 0 saturated carbocycles. The van der Waals surface area contributed by atoms with E-state index in [1.807, 2.05) is 12.1 Å². The van der Waals surface area contributed by atoms with Gasteiger partial charge in [-0.25, -0.2) is 4.98 Å². The van der Waals surface area contributed by atoms with Gasteiger partial charge in [0.1, 0.15) is 31.1 Å². The number of pyridine rings is 1. The summed E-state index contributed by atoms with van der Waals surface area (Å²) in [7, 11) is 0. The number of hydrogen-bond acceptors (Lipinski definition) is 6. The molecule has 0 fully saturated rings. The van der Waals surface area contributed by atoms with Gasteiger partial charge in [-0.3, -0.25) is 14.7 Å². The lowest BCUT2D eigenvalue weighted by atomic mass is 10.1. The number of ether oxygens (including phenoxy) is 2. The third kappa shape index (κ3) is 3.03. The largest absolute Gasteiger partial charge is 0.494 e. The summed E-state index contributed by atoms with van der Waals surface area (Å²) in [6.07, 6.45) is 5.73. The molecule has 4 rings (SSSR count). The normalized spacial score (nSPS) is 17.4. The van der Waals surface area contributed by atoms with Crippen molar-refractivity contribution in [2.75, 3.05) is 26.3 Å². The van der Waals surface area contributed by atoms with E-state index < -0.39 is 0 Å². The summed E-state index contributed by atoms with van der Waals surface area (Å²) in [5.74, 6) is 1.41. The predicted molar refractivity (Wildman–Crippen MR) is 87.1 cm³/mol. The molecule has 124 valence electrons. The molecular weight excluding hydrogens is 308 g/mol. The van der Waals surface area contributed by atoms with E-state index in [0.29, 0.717) is 38.5 Å². The standard InChI is InChI=1S/C17H18N4O3/c22-17-14-3-6-21(9-13-11-23-7-8-24-13)10-15(14)19-16(20-17)12-1-4-18-5-2-12/h1-2,4-5,11H,3,6-10H2,(H,19,20,22). The number of nitrogens with zero attached hydrogens (tertiary/aromatic N) is 3. The summed E-state index contributed by atoms with van der Waals surface area (Å²) in [5, 5.41) is 0. The van der Waals surface area contributed by atoms with Crippen LogP contribution in [-0.2, 0) is 22.4 Å². The first kappa shape index (κ1) is 14.9. The van der Waals surface area contributed by atoms with E-state index in [4.69, 9.17) is 9.47 Å². The molecule has 0 atom stereocenters. The molecule has 7 heteroatoms. The first-order chi connectivity index (χ1) is 11.8. The zero-order valence-electron chi connectivity index (χ0n) is 13.2. The Morgan fingerprint density at radius 3 is 2.92 bits per heavy atom. The molecule has 2 aliphatic heterocycles. The highest BCUT2D eigenvalue weighted by atomic mass is 16.6. The van der Waals surface area contributed by atoms with Crippen molar-refractivity contribution in [1.29, 1.82) is 0 Å². The fourth-order valence-electron chi connectivity index (χ4n) is 2.99. The monoisotopic (exact) mass is 326 g/mol. The summed E-state index contributed by atoms with van der Waals surface area (Å²) in [6, 6.07) is 3.67. The minimum Gasteiger partial charge on any atom is -0.494 e. The van der Waals surface area contributed by atoms with Gasteiger partial charge in [0.05, 0.1) is 12.2 Å². The summed E-state index contributed by atoms with van der Waals surface area (Å²) in [5.41, 5.74) is 2.41. The number of aromatic nitrogens is 3. The number of rotatable bonds is 3. The van der Waals surface area contributed by atoms with Crippen LogP contribution in [0.4, 0.5) is 0 Å². The van der Waals surface area contributed by atoms with Crippen molar-refractivity contribution in [3.63, 3.8) is 0 Å². The van der Waals surface area contributed by atoms with Crippen molar-refractivity contribution in [3.05, 3.63) is 58.2 Å². The van der Waals surface area contributed by atoms with Crippen LogP contribution in [0.25, 0.3) is 11.4 Å². The molecule has 2 aromatic heterocycles. The Balaban J connectivity index is 1.59. The molecule has 7 nitrogen and oxygen atoms in total. The van der Waals surface area contributed by atoms with Crippen LogP contribution in [0.1, 0.15) is 11.3 Å². The molecule has 0 spiro atoms. The number of aromatic amines is 1. The molecule has 2 aromatic rings. The van der Waals surface area contributed by atoms with E-state index in [2.05, 4.69) is 19.9 Å². The Bertz CT molecular complexity index is 816. The molecule has 1 N–H and O–H groups in total. The summed E-state index contributed by atoms with van der Waals surface area (Å²) < 4.78 is 10.9. The van der Waals surface area contributed by atoms with E-state index >= 15 is 0 Å². The van der Waals surface area contributed by atoms with Crippen LogP contribution in [-0.4, -0.2) is 46.2 Å². The molecule has 0 unspecified atom stereocenters. The number of fused-ring (bicyclic) bond motifs is 1. The second kappa shape index (κ2) is 6.45. The third-order valence-corrected chi connectivity index (χ3v) is 4.19. The third-order valence-electron chi connectivity index (χ3n) is 4.19. The average molecular weight is 326 g/mol. The molecule has 0 aromatic carbocycles. The van der Waals surface area contributed by atoms with Gasteiger partial charge in [-0.05, 0) is 18.6 Å². The van der Waals surface area contributed by atoms with E-state index in [1.165, 1.54) is 0 Å². The first-order valence-corrected chi connectivity index (χ1v) is 7.98. The molecule has 0 aliphatic carbocycles. The highest BCUT2D eigenvalue weighted by Gasteiger charge is 2.23. The Hall–Kier alpha value is -2.67. The van der Waals surface area contributed by atoms with Crippen LogP contribution >= 0.6 is 0 Å². The fourth-order valence-corrected chi connectivity index (χ4v) is 2.99. The van der Waals surface area contributed by atoms with Crippen molar-refractivity contribution in [1.82, 2.24) is 19.9 Å². The van der Waals surface area contributed by atoms with Gasteiger partial charge >= 0.3 is 0 Å². The Labute approximate surface area is 139 Å². The molecule has 0 bridgehead atoms. The van der Waals surface area contributed by atoms with Crippen molar-refractivity contribution in [2.24, 2.45) is 0 Å². The molecule has 0 amide bonds. The van der Waals surface area contributed by atoms with Gasteiger partial charge in [0.25, 0.3) is 5.56 Å². The first-order valence-electron chi connectivity index (χ1n) is 7.98. The summed E-state index contributed by atoms with van der Waals surface area (Å²) in [4.78, 5) is 26.1. The van der Waals surface area contributed by atoms with Crippen LogP contribution in [0.5, 0.6) is 0 Å². The van der Waals surface area contributed by atoms with Gasteiger partial charge in [0.15, 0.2) is 0 Å². The number of nitrogens with one attached hydrogen (secondary N) is 1. The molecule has 0 saturated heterocycles. The van der Waals surface area contributed by atoms with Crippen molar-refractivity contribution >= 4 is 0 Å². The maximum atomic E-state index is 12.4. The quantitative estimate of drug-likeness (QED) is 0.909. The highest BCUT2D eigenvalue weighted by Crippen LogP contribution is 2.19. The van der Waals surface area contributed by atoms with Gasteiger partial charge in [-0.2, -0.15) is 0 Å². The van der Waals surface area contributed by atoms with Gasteiger partial charge in [-0.15, -0.1) is 0 Å². The van der Waals surface area contributed by atoms with Crippen LogP contribution in [0.15, 0.2) is 41.3 Å². The van der Waals surface area contributed by atoms with Gasteiger partial charge < -0.3 is 14.5 Å². The molecule has 24 heavy (non-hydrogen) atoms. The van der Waals surface area contributed by atoms with E-state index in [1.54, 1.807) is 18.7 Å². The Kier molecular flexibility index (Phi) is 4.00. The molecule has 2 aliphatic rings. The number of H-pyrrole nitrogens is 1. The Morgan fingerprint density at radius 1 is 1.25 bits per heavy atom. The van der Waals surface area contributed by atoms with Crippen molar-refractivity contribution in [2.45, 2.75) is 13.0 Å². The Morgan fingerprint density at radius 2 is 2.12 bits per heavy atom. The molecule has 0 radical (unpaired) electrons. The van der Waals surface area contributed by atoms with E-state index in [9.17, 15) is 4.79 Å². The second-order valence-corrected chi connectivity index (χ2v) is 5.84. The summed E-state index contributed by atoms with van der Waals surface area (Å²) in [6.45, 7) is 3.27. The highest BCUT2D eigenvalue weighted by molar-refractivity contribution is 5.54. The lowest BCUT2D eigenvalue weighted by Crippen LogP contribution is -2.37. The minimum atomic E-state index is -0.0528. The fraction of sp³-hybridized carbons (Fsp3) is 0.353. The zero-order valence-corrected chi connectivity index (χ0v) is 13.2. The van der Waals surface area contributed by atoms with Crippen molar-refractivity contribution in [3.8, 4) is 11.4 Å².